The smallest absolute Gasteiger partial charge is 0.339 e. The molecule has 1 aliphatic heterocycles. The van der Waals surface area contributed by atoms with Gasteiger partial charge in [0.15, 0.2) is 11.5 Å². The quantitative estimate of drug-likeness (QED) is 0.875. The Labute approximate surface area is 130 Å². The molecule has 0 fully saturated rings. The lowest BCUT2D eigenvalue weighted by molar-refractivity contribution is 0.386. The van der Waals surface area contributed by atoms with Gasteiger partial charge in [0.05, 0.1) is 7.11 Å². The molecule has 22 heavy (non-hydrogen) atoms. The number of rotatable bonds is 4. The molecule has 0 radical (unpaired) electrons. The van der Waals surface area contributed by atoms with Gasteiger partial charge in [0, 0.05) is 12.1 Å². The summed E-state index contributed by atoms with van der Waals surface area (Å²) < 4.78 is 35.6. The maximum absolute atomic E-state index is 12.5. The summed E-state index contributed by atoms with van der Waals surface area (Å²) >= 11 is 0. The first-order chi connectivity index (χ1) is 10.6. The highest BCUT2D eigenvalue weighted by Crippen LogP contribution is 2.37. The average molecular weight is 319 g/mol. The SMILES string of the molecule is COc1ccc2c(c1OS(=O)(=O)c1ccccc1)CNCC2. The lowest BCUT2D eigenvalue weighted by Crippen LogP contribution is -2.25. The van der Waals surface area contributed by atoms with Crippen LogP contribution < -0.4 is 14.2 Å². The molecule has 0 saturated heterocycles. The maximum Gasteiger partial charge on any atom is 0.339 e. The fourth-order valence-electron chi connectivity index (χ4n) is 2.51. The van der Waals surface area contributed by atoms with E-state index in [-0.39, 0.29) is 10.6 Å². The van der Waals surface area contributed by atoms with E-state index in [0.29, 0.717) is 12.3 Å². The second kappa shape index (κ2) is 5.98. The van der Waals surface area contributed by atoms with Crippen molar-refractivity contribution in [2.24, 2.45) is 0 Å². The normalized spacial score (nSPS) is 14.2. The molecular formula is C16H17NO4S. The van der Waals surface area contributed by atoms with E-state index >= 15 is 0 Å². The number of fused-ring (bicyclic) bond motifs is 1. The van der Waals surface area contributed by atoms with E-state index in [0.717, 1.165) is 24.1 Å². The van der Waals surface area contributed by atoms with E-state index in [1.807, 2.05) is 6.07 Å². The first-order valence-electron chi connectivity index (χ1n) is 7.01. The van der Waals surface area contributed by atoms with Crippen LogP contribution in [-0.2, 0) is 23.1 Å². The number of ether oxygens (including phenoxy) is 1. The summed E-state index contributed by atoms with van der Waals surface area (Å²) in [6.07, 6.45) is 0.834. The number of benzene rings is 2. The third kappa shape index (κ3) is 2.80. The van der Waals surface area contributed by atoms with Gasteiger partial charge >= 0.3 is 10.1 Å². The van der Waals surface area contributed by atoms with Gasteiger partial charge in [0.25, 0.3) is 0 Å². The first-order valence-corrected chi connectivity index (χ1v) is 8.41. The molecule has 0 atom stereocenters. The van der Waals surface area contributed by atoms with E-state index in [4.69, 9.17) is 8.92 Å². The van der Waals surface area contributed by atoms with Crippen LogP contribution in [0.4, 0.5) is 0 Å². The Bertz CT molecular complexity index is 772. The Morgan fingerprint density at radius 2 is 1.86 bits per heavy atom. The van der Waals surface area contributed by atoms with Gasteiger partial charge in [-0.3, -0.25) is 0 Å². The number of hydrogen-bond donors (Lipinski definition) is 1. The molecule has 1 heterocycles. The molecule has 2 aromatic carbocycles. The van der Waals surface area contributed by atoms with Gasteiger partial charge in [-0.05, 0) is 36.7 Å². The molecule has 0 saturated carbocycles. The van der Waals surface area contributed by atoms with Gasteiger partial charge in [0.1, 0.15) is 4.90 Å². The molecule has 1 aliphatic rings. The van der Waals surface area contributed by atoms with E-state index < -0.39 is 10.1 Å². The molecule has 0 aromatic heterocycles. The number of methoxy groups -OCH3 is 1. The Hall–Kier alpha value is -2.05. The van der Waals surface area contributed by atoms with E-state index in [1.54, 1.807) is 24.3 Å². The van der Waals surface area contributed by atoms with Crippen LogP contribution in [0, 0.1) is 0 Å². The van der Waals surface area contributed by atoms with Crippen LogP contribution in [0.25, 0.3) is 0 Å². The van der Waals surface area contributed by atoms with Crippen molar-refractivity contribution in [3.63, 3.8) is 0 Å². The summed E-state index contributed by atoms with van der Waals surface area (Å²) in [6, 6.07) is 11.8. The molecule has 0 bridgehead atoms. The van der Waals surface area contributed by atoms with Gasteiger partial charge in [-0.25, -0.2) is 0 Å². The molecule has 116 valence electrons. The summed E-state index contributed by atoms with van der Waals surface area (Å²) in [4.78, 5) is 0.124. The largest absolute Gasteiger partial charge is 0.493 e. The Morgan fingerprint density at radius 1 is 1.09 bits per heavy atom. The molecule has 1 N–H and O–H groups in total. The Kier molecular flexibility index (Phi) is 4.04. The fraction of sp³-hybridized carbons (Fsp3) is 0.250. The summed E-state index contributed by atoms with van der Waals surface area (Å²) in [5.74, 6) is 0.693. The zero-order valence-corrected chi connectivity index (χ0v) is 13.0. The van der Waals surface area contributed by atoms with Crippen LogP contribution >= 0.6 is 0 Å². The predicted molar refractivity (Wildman–Crippen MR) is 82.7 cm³/mol. The number of hydrogen-bond acceptors (Lipinski definition) is 5. The van der Waals surface area contributed by atoms with Gasteiger partial charge in [-0.1, -0.05) is 24.3 Å². The lowest BCUT2D eigenvalue weighted by Gasteiger charge is -2.22. The second-order valence-electron chi connectivity index (χ2n) is 5.01. The summed E-state index contributed by atoms with van der Waals surface area (Å²) in [7, 11) is -2.39. The highest BCUT2D eigenvalue weighted by atomic mass is 32.2. The standard InChI is InChI=1S/C16H17NO4S/c1-20-15-8-7-12-9-10-17-11-14(12)16(15)21-22(18,19)13-5-3-2-4-6-13/h2-8,17H,9-11H2,1H3. The van der Waals surface area contributed by atoms with Crippen molar-refractivity contribution in [1.29, 1.82) is 0 Å². The number of nitrogens with one attached hydrogen (secondary N) is 1. The van der Waals surface area contributed by atoms with Crippen LogP contribution in [-0.4, -0.2) is 22.1 Å². The van der Waals surface area contributed by atoms with Gasteiger partial charge < -0.3 is 14.2 Å². The first kappa shape index (κ1) is 14.9. The maximum atomic E-state index is 12.5. The third-order valence-electron chi connectivity index (χ3n) is 3.64. The van der Waals surface area contributed by atoms with Crippen LogP contribution in [0.5, 0.6) is 11.5 Å². The Morgan fingerprint density at radius 3 is 2.59 bits per heavy atom. The molecule has 0 spiro atoms. The lowest BCUT2D eigenvalue weighted by atomic mass is 10.00. The summed E-state index contributed by atoms with van der Waals surface area (Å²) in [5.41, 5.74) is 1.92. The van der Waals surface area contributed by atoms with Gasteiger partial charge in [-0.2, -0.15) is 8.42 Å². The molecular weight excluding hydrogens is 302 g/mol. The van der Waals surface area contributed by atoms with Crippen LogP contribution in [0.1, 0.15) is 11.1 Å². The third-order valence-corrected chi connectivity index (χ3v) is 4.87. The minimum absolute atomic E-state index is 0.124. The predicted octanol–water partition coefficient (Wildman–Crippen LogP) is 2.11. The second-order valence-corrected chi connectivity index (χ2v) is 6.56. The molecule has 6 heteroatoms. The van der Waals surface area contributed by atoms with Crippen molar-refractivity contribution in [2.45, 2.75) is 17.9 Å². The van der Waals surface area contributed by atoms with Crippen LogP contribution in [0.3, 0.4) is 0 Å². The molecule has 5 nitrogen and oxygen atoms in total. The van der Waals surface area contributed by atoms with Crippen LogP contribution in [0.15, 0.2) is 47.4 Å². The zero-order valence-electron chi connectivity index (χ0n) is 12.2. The van der Waals surface area contributed by atoms with Crippen molar-refractivity contribution in [2.75, 3.05) is 13.7 Å². The van der Waals surface area contributed by atoms with E-state index in [9.17, 15) is 8.42 Å². The van der Waals surface area contributed by atoms with Crippen molar-refractivity contribution >= 4 is 10.1 Å². The van der Waals surface area contributed by atoms with Gasteiger partial charge in [-0.15, -0.1) is 0 Å². The zero-order chi connectivity index (χ0) is 15.6. The van der Waals surface area contributed by atoms with E-state index in [1.165, 1.54) is 19.2 Å². The molecule has 0 amide bonds. The summed E-state index contributed by atoms with van der Waals surface area (Å²) in [5, 5.41) is 3.23. The average Bonchev–Trinajstić information content (AvgIpc) is 2.56. The van der Waals surface area contributed by atoms with Gasteiger partial charge in [0.2, 0.25) is 0 Å². The highest BCUT2D eigenvalue weighted by Gasteiger charge is 2.24. The minimum Gasteiger partial charge on any atom is -0.493 e. The van der Waals surface area contributed by atoms with E-state index in [2.05, 4.69) is 5.32 Å². The van der Waals surface area contributed by atoms with Crippen molar-refractivity contribution in [3.05, 3.63) is 53.6 Å². The van der Waals surface area contributed by atoms with Crippen molar-refractivity contribution in [1.82, 2.24) is 5.32 Å². The fourth-order valence-corrected chi connectivity index (χ4v) is 3.50. The molecule has 2 aromatic rings. The molecule has 0 unspecified atom stereocenters. The summed E-state index contributed by atoms with van der Waals surface area (Å²) in [6.45, 7) is 1.43. The topological polar surface area (TPSA) is 64.6 Å². The molecule has 3 rings (SSSR count). The van der Waals surface area contributed by atoms with Crippen LogP contribution in [0.2, 0.25) is 0 Å². The monoisotopic (exact) mass is 319 g/mol. The minimum atomic E-state index is -3.89. The Balaban J connectivity index is 2.05. The highest BCUT2D eigenvalue weighted by molar-refractivity contribution is 7.87. The molecule has 0 aliphatic carbocycles. The van der Waals surface area contributed by atoms with Crippen molar-refractivity contribution in [3.8, 4) is 11.5 Å². The van der Waals surface area contributed by atoms with Crippen molar-refractivity contribution < 1.29 is 17.3 Å².